The van der Waals surface area contributed by atoms with Gasteiger partial charge in [0.25, 0.3) is 0 Å². The second kappa shape index (κ2) is 9.48. The number of nitrogens with zero attached hydrogens (tertiary/aromatic N) is 3. The smallest absolute Gasteiger partial charge is 0.420 e. The van der Waals surface area contributed by atoms with Crippen LogP contribution in [0.1, 0.15) is 22.3 Å². The van der Waals surface area contributed by atoms with Crippen molar-refractivity contribution in [2.24, 2.45) is 0 Å². The van der Waals surface area contributed by atoms with E-state index in [1.165, 1.54) is 22.6 Å². The molecule has 2 aromatic carbocycles. The van der Waals surface area contributed by atoms with E-state index in [2.05, 4.69) is 0 Å². The summed E-state index contributed by atoms with van der Waals surface area (Å²) in [6.45, 7) is 1.28. The van der Waals surface area contributed by atoms with Gasteiger partial charge in [0.15, 0.2) is 5.58 Å². The third-order valence-corrected chi connectivity index (χ3v) is 4.87. The first kappa shape index (κ1) is 22.1. The van der Waals surface area contributed by atoms with Crippen LogP contribution in [0.5, 0.6) is 0 Å². The molecule has 0 aliphatic carbocycles. The van der Waals surface area contributed by atoms with Gasteiger partial charge in [0, 0.05) is 12.2 Å². The second-order valence-electron chi connectivity index (χ2n) is 7.39. The maximum absolute atomic E-state index is 12.4. The Kier molecular flexibility index (Phi) is 6.76. The SMILES string of the molecule is COC(=O)c1ccc2oc(=O)n(Cc3cccc(N(CCCN(C)C)C(=O)O)c3)c2c1. The van der Waals surface area contributed by atoms with Crippen molar-refractivity contribution >= 4 is 28.8 Å². The molecule has 9 heteroatoms. The summed E-state index contributed by atoms with van der Waals surface area (Å²) in [6, 6.07) is 11.6. The van der Waals surface area contributed by atoms with Gasteiger partial charge in [-0.3, -0.25) is 9.47 Å². The molecule has 0 aliphatic heterocycles. The largest absolute Gasteiger partial charge is 0.465 e. The summed E-state index contributed by atoms with van der Waals surface area (Å²) in [7, 11) is 5.15. The van der Waals surface area contributed by atoms with Crippen LogP contribution in [0.3, 0.4) is 0 Å². The minimum atomic E-state index is -1.04. The number of fused-ring (bicyclic) bond motifs is 1. The van der Waals surface area contributed by atoms with Gasteiger partial charge in [-0.1, -0.05) is 12.1 Å². The van der Waals surface area contributed by atoms with E-state index in [9.17, 15) is 19.5 Å². The fraction of sp³-hybridized carbons (Fsp3) is 0.318. The number of benzene rings is 2. The molecule has 0 spiro atoms. The number of anilines is 1. The first-order chi connectivity index (χ1) is 14.8. The number of methoxy groups -OCH3 is 1. The van der Waals surface area contributed by atoms with Gasteiger partial charge in [0.2, 0.25) is 0 Å². The molecule has 9 nitrogen and oxygen atoms in total. The van der Waals surface area contributed by atoms with Crippen molar-refractivity contribution in [1.29, 1.82) is 0 Å². The lowest BCUT2D eigenvalue weighted by atomic mass is 10.1. The number of ether oxygens (including phenoxy) is 1. The summed E-state index contributed by atoms with van der Waals surface area (Å²) in [5.41, 5.74) is 2.37. The molecule has 1 amide bonds. The number of hydrogen-bond donors (Lipinski definition) is 1. The second-order valence-corrected chi connectivity index (χ2v) is 7.39. The molecule has 1 N–H and O–H groups in total. The van der Waals surface area contributed by atoms with Crippen molar-refractivity contribution in [3.05, 3.63) is 64.1 Å². The van der Waals surface area contributed by atoms with Crippen LogP contribution in [0.15, 0.2) is 51.7 Å². The molecule has 0 radical (unpaired) electrons. The highest BCUT2D eigenvalue weighted by atomic mass is 16.5. The number of amides is 1. The first-order valence-electron chi connectivity index (χ1n) is 9.76. The Morgan fingerprint density at radius 2 is 1.90 bits per heavy atom. The number of oxazole rings is 1. The van der Waals surface area contributed by atoms with Crippen LogP contribution in [0.2, 0.25) is 0 Å². The summed E-state index contributed by atoms with van der Waals surface area (Å²) < 4.78 is 11.4. The molecule has 0 saturated carbocycles. The van der Waals surface area contributed by atoms with Crippen LogP contribution in [0.4, 0.5) is 10.5 Å². The van der Waals surface area contributed by atoms with Gasteiger partial charge in [-0.2, -0.15) is 0 Å². The standard InChI is InChI=1S/C22H25N3O6/c1-23(2)10-5-11-24(21(27)28)17-7-4-6-15(12-17)14-25-18-13-16(20(26)30-3)8-9-19(18)31-22(25)29/h4,6-9,12-13H,5,10-11,14H2,1-3H3,(H,27,28). The highest BCUT2D eigenvalue weighted by molar-refractivity contribution is 5.93. The van der Waals surface area contributed by atoms with Gasteiger partial charge in [-0.05, 0) is 63.0 Å². The van der Waals surface area contributed by atoms with E-state index in [1.54, 1.807) is 36.4 Å². The van der Waals surface area contributed by atoms with Crippen molar-refractivity contribution in [3.8, 4) is 0 Å². The van der Waals surface area contributed by atoms with Crippen molar-refractivity contribution in [3.63, 3.8) is 0 Å². The minimum Gasteiger partial charge on any atom is -0.465 e. The van der Waals surface area contributed by atoms with E-state index < -0.39 is 17.8 Å². The summed E-state index contributed by atoms with van der Waals surface area (Å²) in [5.74, 6) is -1.08. The molecule has 0 fully saturated rings. The molecular weight excluding hydrogens is 402 g/mol. The number of rotatable bonds is 8. The summed E-state index contributed by atoms with van der Waals surface area (Å²) >= 11 is 0. The molecule has 3 rings (SSSR count). The maximum atomic E-state index is 12.4. The fourth-order valence-electron chi connectivity index (χ4n) is 3.34. The zero-order chi connectivity index (χ0) is 22.5. The molecule has 0 bridgehead atoms. The van der Waals surface area contributed by atoms with Crippen LogP contribution in [0, 0.1) is 0 Å². The van der Waals surface area contributed by atoms with Gasteiger partial charge in [-0.25, -0.2) is 14.4 Å². The predicted octanol–water partition coefficient (Wildman–Crippen LogP) is 2.87. The molecule has 164 valence electrons. The lowest BCUT2D eigenvalue weighted by Crippen LogP contribution is -2.32. The van der Waals surface area contributed by atoms with Crippen LogP contribution >= 0.6 is 0 Å². The Bertz CT molecular complexity index is 1150. The van der Waals surface area contributed by atoms with Crippen LogP contribution in [0.25, 0.3) is 11.1 Å². The number of carboxylic acid groups (broad SMARTS) is 1. The summed E-state index contributed by atoms with van der Waals surface area (Å²) in [4.78, 5) is 39.3. The third-order valence-electron chi connectivity index (χ3n) is 4.87. The van der Waals surface area contributed by atoms with Gasteiger partial charge < -0.3 is 19.2 Å². The highest BCUT2D eigenvalue weighted by Gasteiger charge is 2.17. The molecule has 1 aromatic heterocycles. The Balaban J connectivity index is 1.90. The van der Waals surface area contributed by atoms with E-state index in [0.717, 1.165) is 12.1 Å². The topological polar surface area (TPSA) is 105 Å². The summed E-state index contributed by atoms with van der Waals surface area (Å²) in [6.07, 6.45) is -0.351. The first-order valence-corrected chi connectivity index (χ1v) is 9.76. The Morgan fingerprint density at radius 1 is 1.13 bits per heavy atom. The lowest BCUT2D eigenvalue weighted by molar-refractivity contribution is 0.0601. The molecular formula is C22H25N3O6. The average molecular weight is 427 g/mol. The quantitative estimate of drug-likeness (QED) is 0.551. The monoisotopic (exact) mass is 427 g/mol. The zero-order valence-electron chi connectivity index (χ0n) is 17.7. The van der Waals surface area contributed by atoms with Crippen molar-refractivity contribution < 1.29 is 23.8 Å². The van der Waals surface area contributed by atoms with E-state index in [-0.39, 0.29) is 6.54 Å². The molecule has 0 saturated heterocycles. The third kappa shape index (κ3) is 5.13. The number of carbonyl (C=O) groups is 2. The average Bonchev–Trinajstić information content (AvgIpc) is 3.04. The highest BCUT2D eigenvalue weighted by Crippen LogP contribution is 2.20. The number of esters is 1. The van der Waals surface area contributed by atoms with E-state index in [1.807, 2.05) is 19.0 Å². The van der Waals surface area contributed by atoms with Crippen LogP contribution in [-0.4, -0.2) is 60.9 Å². The Labute approximate surface area is 179 Å². The minimum absolute atomic E-state index is 0.162. The van der Waals surface area contributed by atoms with Crippen molar-refractivity contribution in [1.82, 2.24) is 9.47 Å². The summed E-state index contributed by atoms with van der Waals surface area (Å²) in [5, 5.41) is 9.63. The normalized spacial score (nSPS) is 11.1. The van der Waals surface area contributed by atoms with Crippen molar-refractivity contribution in [2.75, 3.05) is 39.2 Å². The maximum Gasteiger partial charge on any atom is 0.420 e. The molecule has 0 unspecified atom stereocenters. The lowest BCUT2D eigenvalue weighted by Gasteiger charge is -2.21. The van der Waals surface area contributed by atoms with Gasteiger partial charge >= 0.3 is 17.8 Å². The molecule has 0 aliphatic rings. The van der Waals surface area contributed by atoms with E-state index in [4.69, 9.17) is 9.15 Å². The van der Waals surface area contributed by atoms with Gasteiger partial charge in [0.05, 0.1) is 24.7 Å². The van der Waals surface area contributed by atoms with Gasteiger partial charge in [0.1, 0.15) is 0 Å². The molecule has 31 heavy (non-hydrogen) atoms. The molecule has 1 heterocycles. The van der Waals surface area contributed by atoms with E-state index >= 15 is 0 Å². The van der Waals surface area contributed by atoms with Crippen molar-refractivity contribution in [2.45, 2.75) is 13.0 Å². The Morgan fingerprint density at radius 3 is 2.58 bits per heavy atom. The Hall–Kier alpha value is -3.59. The van der Waals surface area contributed by atoms with Crippen LogP contribution in [-0.2, 0) is 11.3 Å². The number of aromatic nitrogens is 1. The van der Waals surface area contributed by atoms with E-state index in [0.29, 0.717) is 35.3 Å². The zero-order valence-corrected chi connectivity index (χ0v) is 17.7. The number of hydrogen-bond acceptors (Lipinski definition) is 6. The predicted molar refractivity (Wildman–Crippen MR) is 116 cm³/mol. The fourth-order valence-corrected chi connectivity index (χ4v) is 3.34. The van der Waals surface area contributed by atoms with Crippen LogP contribution < -0.4 is 10.7 Å². The molecule has 3 aromatic rings. The number of carbonyl (C=O) groups excluding carboxylic acids is 1. The molecule has 0 atom stereocenters. The van der Waals surface area contributed by atoms with Gasteiger partial charge in [-0.15, -0.1) is 0 Å².